The largest absolute Gasteiger partial charge is 0.395 e. The van der Waals surface area contributed by atoms with Gasteiger partial charge in [-0.2, -0.15) is 0 Å². The first kappa shape index (κ1) is 32.5. The molecule has 5 N–H and O–H groups in total. The fourth-order valence-electron chi connectivity index (χ4n) is 3.66. The number of aliphatic hydroxyl groups excluding tert-OH is 2. The van der Waals surface area contributed by atoms with E-state index in [-0.39, 0.29) is 19.1 Å². The minimum atomic E-state index is -0.151. The molecule has 0 heterocycles. The molecule has 0 radical (unpaired) electrons. The summed E-state index contributed by atoms with van der Waals surface area (Å²) < 4.78 is 0. The average molecular weight is 445 g/mol. The number of hydrogen-bond acceptors (Lipinski definition) is 4. The Hall–Kier alpha value is -0.650. The van der Waals surface area contributed by atoms with E-state index >= 15 is 0 Å². The van der Waals surface area contributed by atoms with Crippen LogP contribution in [0, 0.1) is 0 Å². The second-order valence-corrected chi connectivity index (χ2v) is 8.78. The first-order valence-electron chi connectivity index (χ1n) is 13.4. The third-order valence-electron chi connectivity index (χ3n) is 5.60. The zero-order chi connectivity index (χ0) is 23.3. The van der Waals surface area contributed by atoms with Gasteiger partial charge in [0.1, 0.15) is 0 Å². The number of primary amides is 1. The smallest absolute Gasteiger partial charge is 0.217 e. The number of hydrogen-bond donors (Lipinski definition) is 4. The highest BCUT2D eigenvalue weighted by Crippen LogP contribution is 2.14. The van der Waals surface area contributed by atoms with Crippen molar-refractivity contribution >= 4 is 5.91 Å². The van der Waals surface area contributed by atoms with Crippen LogP contribution in [0.3, 0.4) is 0 Å². The first-order chi connectivity index (χ1) is 15.2. The molecule has 5 nitrogen and oxygen atoms in total. The summed E-state index contributed by atoms with van der Waals surface area (Å²) in [5.74, 6) is -0.151. The highest BCUT2D eigenvalue weighted by Gasteiger charge is 1.96. The zero-order valence-electron chi connectivity index (χ0n) is 20.9. The normalized spacial score (nSPS) is 10.7. The molecule has 0 aromatic rings. The number of rotatable bonds is 24. The predicted octanol–water partition coefficient (Wildman–Crippen LogP) is 5.85. The van der Waals surface area contributed by atoms with Crippen molar-refractivity contribution in [2.75, 3.05) is 26.3 Å². The Labute approximate surface area is 194 Å². The second kappa shape index (κ2) is 31.5. The summed E-state index contributed by atoms with van der Waals surface area (Å²) in [6, 6.07) is 0. The Morgan fingerprint density at radius 2 is 0.871 bits per heavy atom. The van der Waals surface area contributed by atoms with Gasteiger partial charge in [0.15, 0.2) is 0 Å². The minimum absolute atomic E-state index is 0.139. The molecule has 188 valence electrons. The highest BCUT2D eigenvalue weighted by molar-refractivity contribution is 5.73. The Morgan fingerprint density at radius 3 is 1.13 bits per heavy atom. The number of nitrogens with one attached hydrogen (secondary N) is 1. The van der Waals surface area contributed by atoms with Gasteiger partial charge >= 0.3 is 0 Å². The topological polar surface area (TPSA) is 95.6 Å². The summed E-state index contributed by atoms with van der Waals surface area (Å²) >= 11 is 0. The number of nitrogens with two attached hydrogens (primary N) is 1. The van der Waals surface area contributed by atoms with Crippen molar-refractivity contribution in [2.45, 2.75) is 135 Å². The van der Waals surface area contributed by atoms with Gasteiger partial charge in [0.05, 0.1) is 13.2 Å². The third kappa shape index (κ3) is 37.0. The molecule has 0 aliphatic carbocycles. The lowest BCUT2D eigenvalue weighted by Gasteiger charge is -2.03. The molecule has 1 amide bonds. The average Bonchev–Trinajstić information content (AvgIpc) is 2.76. The summed E-state index contributed by atoms with van der Waals surface area (Å²) in [6.07, 6.45) is 26.8. The van der Waals surface area contributed by atoms with Crippen molar-refractivity contribution in [3.05, 3.63) is 0 Å². The van der Waals surface area contributed by atoms with E-state index in [1.54, 1.807) is 0 Å². The fourth-order valence-corrected chi connectivity index (χ4v) is 3.66. The van der Waals surface area contributed by atoms with Gasteiger partial charge in [0.25, 0.3) is 0 Å². The van der Waals surface area contributed by atoms with Crippen molar-refractivity contribution in [1.29, 1.82) is 0 Å². The monoisotopic (exact) mass is 444 g/mol. The molecule has 31 heavy (non-hydrogen) atoms. The van der Waals surface area contributed by atoms with E-state index in [0.717, 1.165) is 6.42 Å². The number of aliphatic hydroxyl groups is 2. The first-order valence-corrected chi connectivity index (χ1v) is 13.4. The molecule has 0 spiro atoms. The van der Waals surface area contributed by atoms with Crippen LogP contribution < -0.4 is 11.1 Å². The van der Waals surface area contributed by atoms with Crippen LogP contribution in [0.15, 0.2) is 0 Å². The van der Waals surface area contributed by atoms with E-state index in [2.05, 4.69) is 12.2 Å². The summed E-state index contributed by atoms with van der Waals surface area (Å²) in [6.45, 7) is 3.70. The van der Waals surface area contributed by atoms with Crippen molar-refractivity contribution in [1.82, 2.24) is 5.32 Å². The Kier molecular flexibility index (Phi) is 33.1. The van der Waals surface area contributed by atoms with Crippen molar-refractivity contribution < 1.29 is 15.0 Å². The molecule has 0 fully saturated rings. The van der Waals surface area contributed by atoms with E-state index in [4.69, 9.17) is 15.9 Å². The summed E-state index contributed by atoms with van der Waals surface area (Å²) in [5, 5.41) is 19.1. The third-order valence-corrected chi connectivity index (χ3v) is 5.60. The maximum absolute atomic E-state index is 10.6. The highest BCUT2D eigenvalue weighted by atomic mass is 16.3. The van der Waals surface area contributed by atoms with Gasteiger partial charge in [0.2, 0.25) is 5.91 Å². The van der Waals surface area contributed by atoms with Gasteiger partial charge in [-0.3, -0.25) is 4.79 Å². The summed E-state index contributed by atoms with van der Waals surface area (Å²) in [5.41, 5.74) is 5.13. The molecule has 0 rings (SSSR count). The molecular formula is C26H56N2O3. The fraction of sp³-hybridized carbons (Fsp3) is 0.962. The zero-order valence-corrected chi connectivity index (χ0v) is 20.9. The molecule has 0 saturated heterocycles. The Bertz CT molecular complexity index is 324. The van der Waals surface area contributed by atoms with Crippen LogP contribution in [0.25, 0.3) is 0 Å². The van der Waals surface area contributed by atoms with Gasteiger partial charge in [-0.25, -0.2) is 0 Å². The van der Waals surface area contributed by atoms with E-state index in [1.807, 2.05) is 0 Å². The van der Waals surface area contributed by atoms with Crippen LogP contribution in [0.2, 0.25) is 0 Å². The summed E-state index contributed by atoms with van der Waals surface area (Å²) in [7, 11) is 0. The van der Waals surface area contributed by atoms with Crippen molar-refractivity contribution in [3.8, 4) is 0 Å². The molecule has 5 heteroatoms. The van der Waals surface area contributed by atoms with Crippen LogP contribution >= 0.6 is 0 Å². The number of amides is 1. The van der Waals surface area contributed by atoms with Crippen LogP contribution in [-0.4, -0.2) is 42.4 Å². The van der Waals surface area contributed by atoms with E-state index < -0.39 is 0 Å². The van der Waals surface area contributed by atoms with E-state index in [0.29, 0.717) is 19.5 Å². The maximum Gasteiger partial charge on any atom is 0.217 e. The van der Waals surface area contributed by atoms with Crippen LogP contribution in [0.5, 0.6) is 0 Å². The molecular weight excluding hydrogens is 388 g/mol. The van der Waals surface area contributed by atoms with E-state index in [1.165, 1.54) is 116 Å². The molecule has 0 atom stereocenters. The molecule has 0 saturated carbocycles. The maximum atomic E-state index is 10.6. The molecule has 0 aliphatic heterocycles. The lowest BCUT2D eigenvalue weighted by molar-refractivity contribution is -0.118. The molecule has 0 aromatic heterocycles. The number of unbranched alkanes of at least 4 members (excludes halogenated alkanes) is 18. The van der Waals surface area contributed by atoms with Gasteiger partial charge in [-0.1, -0.05) is 122 Å². The molecule has 0 aromatic carbocycles. The van der Waals surface area contributed by atoms with Crippen LogP contribution in [-0.2, 0) is 4.79 Å². The minimum Gasteiger partial charge on any atom is -0.395 e. The lowest BCUT2D eigenvalue weighted by Crippen LogP contribution is -2.21. The van der Waals surface area contributed by atoms with Gasteiger partial charge < -0.3 is 21.3 Å². The summed E-state index contributed by atoms with van der Waals surface area (Å²) in [4.78, 5) is 10.6. The SMILES string of the molecule is CCCCCCCCCCCCCCCCCCCCCC(N)=O.OCCNCCO. The van der Waals surface area contributed by atoms with Gasteiger partial charge in [0, 0.05) is 19.5 Å². The number of carbonyl (C=O) groups excluding carboxylic acids is 1. The Balaban J connectivity index is 0. The van der Waals surface area contributed by atoms with Crippen molar-refractivity contribution in [3.63, 3.8) is 0 Å². The van der Waals surface area contributed by atoms with E-state index in [9.17, 15) is 4.79 Å². The van der Waals surface area contributed by atoms with Crippen LogP contribution in [0.1, 0.15) is 135 Å². The lowest BCUT2D eigenvalue weighted by atomic mass is 10.0. The van der Waals surface area contributed by atoms with Gasteiger partial charge in [-0.05, 0) is 6.42 Å². The second-order valence-electron chi connectivity index (χ2n) is 8.78. The van der Waals surface area contributed by atoms with Gasteiger partial charge in [-0.15, -0.1) is 0 Å². The standard InChI is InChI=1S/C22H45NO.C4H11NO2/c1-2-3-4-5-6-7-8-9-10-11-12-13-14-15-16-17-18-19-20-21-22(23)24;6-3-1-5-2-4-7/h2-21H2,1H3,(H2,23,24);5-7H,1-4H2. The molecule has 0 unspecified atom stereocenters. The van der Waals surface area contributed by atoms with Crippen LogP contribution in [0.4, 0.5) is 0 Å². The molecule has 0 bridgehead atoms. The Morgan fingerprint density at radius 1 is 0.581 bits per heavy atom. The quantitative estimate of drug-likeness (QED) is 0.140. The van der Waals surface area contributed by atoms with Crippen molar-refractivity contribution in [2.24, 2.45) is 5.73 Å². The predicted molar refractivity (Wildman–Crippen MR) is 134 cm³/mol. The molecule has 0 aliphatic rings. The number of carbonyl (C=O) groups is 1.